The van der Waals surface area contributed by atoms with Crippen molar-refractivity contribution in [2.45, 2.75) is 13.3 Å². The minimum atomic E-state index is -0.359. The van der Waals surface area contributed by atoms with Crippen LogP contribution < -0.4 is 5.32 Å². The Bertz CT molecular complexity index is 1230. The quantitative estimate of drug-likeness (QED) is 0.533. The predicted molar refractivity (Wildman–Crippen MR) is 112 cm³/mol. The molecule has 6 nitrogen and oxygen atoms in total. The van der Waals surface area contributed by atoms with Crippen molar-refractivity contribution in [2.75, 3.05) is 5.32 Å². The first-order chi connectivity index (χ1) is 14.0. The van der Waals surface area contributed by atoms with Gasteiger partial charge in [-0.3, -0.25) is 9.59 Å². The lowest BCUT2D eigenvalue weighted by molar-refractivity contribution is -0.116. The number of fused-ring (bicyclic) bond motifs is 1. The van der Waals surface area contributed by atoms with Gasteiger partial charge in [0.1, 0.15) is 11.5 Å². The minimum absolute atomic E-state index is 0.0247. The van der Waals surface area contributed by atoms with Crippen LogP contribution >= 0.6 is 11.6 Å². The molecule has 1 N–H and O–H groups in total. The summed E-state index contributed by atoms with van der Waals surface area (Å²) in [5.41, 5.74) is 3.80. The van der Waals surface area contributed by atoms with Gasteiger partial charge in [-0.25, -0.2) is 9.50 Å². The number of nitrogens with one attached hydrogen (secondary N) is 1. The third-order valence-corrected chi connectivity index (χ3v) is 4.68. The zero-order valence-corrected chi connectivity index (χ0v) is 16.3. The Labute approximate surface area is 172 Å². The van der Waals surface area contributed by atoms with Crippen molar-refractivity contribution in [3.05, 3.63) is 83.3 Å². The van der Waals surface area contributed by atoms with E-state index < -0.39 is 0 Å². The van der Waals surface area contributed by atoms with Gasteiger partial charge in [-0.05, 0) is 42.3 Å². The van der Waals surface area contributed by atoms with Crippen molar-refractivity contribution < 1.29 is 9.59 Å². The van der Waals surface area contributed by atoms with Crippen molar-refractivity contribution in [1.29, 1.82) is 0 Å². The second-order valence-electron chi connectivity index (χ2n) is 6.64. The van der Waals surface area contributed by atoms with E-state index in [4.69, 9.17) is 11.6 Å². The number of hydrogen-bond acceptors (Lipinski definition) is 4. The Hall–Kier alpha value is -3.51. The molecular weight excluding hydrogens is 388 g/mol. The lowest BCUT2D eigenvalue weighted by Gasteiger charge is -2.10. The summed E-state index contributed by atoms with van der Waals surface area (Å²) in [6.45, 7) is 1.52. The van der Waals surface area contributed by atoms with E-state index in [2.05, 4.69) is 15.4 Å². The second-order valence-corrected chi connectivity index (χ2v) is 7.08. The van der Waals surface area contributed by atoms with Crippen molar-refractivity contribution in [2.24, 2.45) is 0 Å². The third kappa shape index (κ3) is 4.02. The Kier molecular flexibility index (Phi) is 5.10. The molecule has 2 aromatic heterocycles. The molecule has 4 rings (SSSR count). The maximum atomic E-state index is 12.8. The summed E-state index contributed by atoms with van der Waals surface area (Å²) in [5.74, 6) is -0.335. The van der Waals surface area contributed by atoms with Crippen LogP contribution in [-0.2, 0) is 11.2 Å². The van der Waals surface area contributed by atoms with Crippen LogP contribution in [0.2, 0.25) is 5.02 Å². The summed E-state index contributed by atoms with van der Waals surface area (Å²) in [6, 6.07) is 16.2. The fraction of sp³-hybridized carbons (Fsp3) is 0.0909. The number of para-hydroxylation sites is 1. The summed E-state index contributed by atoms with van der Waals surface area (Å²) >= 11 is 6.10. The number of benzene rings is 2. The molecule has 0 radical (unpaired) electrons. The molecule has 0 saturated heterocycles. The predicted octanol–water partition coefficient (Wildman–Crippen LogP) is 4.43. The Balaban J connectivity index is 1.67. The monoisotopic (exact) mass is 404 g/mol. The van der Waals surface area contributed by atoms with Crippen molar-refractivity contribution in [1.82, 2.24) is 14.6 Å². The van der Waals surface area contributed by atoms with Gasteiger partial charge in [0.2, 0.25) is 0 Å². The van der Waals surface area contributed by atoms with Gasteiger partial charge in [-0.15, -0.1) is 0 Å². The van der Waals surface area contributed by atoms with Crippen LogP contribution in [0.25, 0.3) is 16.8 Å². The number of ketones is 1. The van der Waals surface area contributed by atoms with Gasteiger partial charge in [0.05, 0.1) is 6.20 Å². The molecule has 0 atom stereocenters. The number of halogens is 1. The molecule has 0 unspecified atom stereocenters. The van der Waals surface area contributed by atoms with Crippen LogP contribution in [0.4, 0.5) is 5.69 Å². The highest BCUT2D eigenvalue weighted by Crippen LogP contribution is 2.26. The van der Waals surface area contributed by atoms with E-state index in [1.165, 1.54) is 6.92 Å². The number of nitrogens with zero attached hydrogens (tertiary/aromatic N) is 3. The van der Waals surface area contributed by atoms with E-state index in [9.17, 15) is 9.59 Å². The maximum Gasteiger partial charge on any atom is 0.274 e. The van der Waals surface area contributed by atoms with Crippen LogP contribution in [-0.4, -0.2) is 26.3 Å². The summed E-state index contributed by atoms with van der Waals surface area (Å²) < 4.78 is 1.61. The normalized spacial score (nSPS) is 10.8. The van der Waals surface area contributed by atoms with Crippen LogP contribution in [0.1, 0.15) is 23.0 Å². The van der Waals surface area contributed by atoms with Crippen molar-refractivity contribution in [3.8, 4) is 11.1 Å². The topological polar surface area (TPSA) is 76.4 Å². The standard InChI is InChI=1S/C22H17ClN4O2/c1-14(28)11-16-5-2-3-8-19(16)26-22(29)20-9-10-27-21(25-20)18(13-24-27)15-6-4-7-17(23)12-15/h2-10,12-13H,11H2,1H3,(H,26,29). The fourth-order valence-electron chi connectivity index (χ4n) is 3.11. The first-order valence-electron chi connectivity index (χ1n) is 9.00. The van der Waals surface area contributed by atoms with Crippen molar-refractivity contribution in [3.63, 3.8) is 0 Å². The van der Waals surface area contributed by atoms with Crippen LogP contribution in [0.5, 0.6) is 0 Å². The number of anilines is 1. The lowest BCUT2D eigenvalue weighted by Crippen LogP contribution is -2.16. The molecule has 2 heterocycles. The molecule has 29 heavy (non-hydrogen) atoms. The molecule has 0 aliphatic carbocycles. The Morgan fingerprint density at radius 3 is 2.72 bits per heavy atom. The molecular formula is C22H17ClN4O2. The van der Waals surface area contributed by atoms with Crippen LogP contribution in [0, 0.1) is 0 Å². The number of carbonyl (C=O) groups is 2. The van der Waals surface area contributed by atoms with E-state index in [-0.39, 0.29) is 23.8 Å². The minimum Gasteiger partial charge on any atom is -0.320 e. The molecule has 0 spiro atoms. The van der Waals surface area contributed by atoms with Gasteiger partial charge in [0, 0.05) is 28.9 Å². The highest BCUT2D eigenvalue weighted by Gasteiger charge is 2.15. The number of Topliss-reactive ketones (excluding diaryl/α,β-unsaturated/α-hetero) is 1. The Morgan fingerprint density at radius 2 is 1.93 bits per heavy atom. The van der Waals surface area contributed by atoms with E-state index in [1.807, 2.05) is 36.4 Å². The average Bonchev–Trinajstić information content (AvgIpc) is 3.12. The first kappa shape index (κ1) is 18.8. The van der Waals surface area contributed by atoms with E-state index in [0.717, 1.165) is 16.7 Å². The fourth-order valence-corrected chi connectivity index (χ4v) is 3.30. The molecule has 7 heteroatoms. The largest absolute Gasteiger partial charge is 0.320 e. The Morgan fingerprint density at radius 1 is 1.10 bits per heavy atom. The number of rotatable bonds is 5. The van der Waals surface area contributed by atoms with Gasteiger partial charge in [-0.2, -0.15) is 5.10 Å². The van der Waals surface area contributed by atoms with Gasteiger partial charge in [0.25, 0.3) is 5.91 Å². The van der Waals surface area contributed by atoms with E-state index >= 15 is 0 Å². The first-order valence-corrected chi connectivity index (χ1v) is 9.38. The maximum absolute atomic E-state index is 12.8. The van der Waals surface area contributed by atoms with Gasteiger partial charge >= 0.3 is 0 Å². The molecule has 2 aromatic carbocycles. The van der Waals surface area contributed by atoms with E-state index in [1.54, 1.807) is 35.1 Å². The number of amides is 1. The van der Waals surface area contributed by atoms with Crippen LogP contribution in [0.15, 0.2) is 67.0 Å². The van der Waals surface area contributed by atoms with Gasteiger partial charge < -0.3 is 5.32 Å². The number of hydrogen-bond donors (Lipinski definition) is 1. The molecule has 4 aromatic rings. The zero-order valence-electron chi connectivity index (χ0n) is 15.6. The van der Waals surface area contributed by atoms with Crippen molar-refractivity contribution >= 4 is 34.6 Å². The summed E-state index contributed by atoms with van der Waals surface area (Å²) in [6.07, 6.45) is 3.63. The second kappa shape index (κ2) is 7.85. The molecule has 144 valence electrons. The SMILES string of the molecule is CC(=O)Cc1ccccc1NC(=O)c1ccn2ncc(-c3cccc(Cl)c3)c2n1. The summed E-state index contributed by atoms with van der Waals surface area (Å²) in [5, 5.41) is 7.76. The number of carbonyl (C=O) groups excluding carboxylic acids is 2. The highest BCUT2D eigenvalue weighted by molar-refractivity contribution is 6.30. The summed E-state index contributed by atoms with van der Waals surface area (Å²) in [7, 11) is 0. The molecule has 1 amide bonds. The van der Waals surface area contributed by atoms with E-state index in [0.29, 0.717) is 16.4 Å². The molecule has 0 aliphatic rings. The summed E-state index contributed by atoms with van der Waals surface area (Å²) in [4.78, 5) is 28.8. The molecule has 0 fully saturated rings. The molecule has 0 bridgehead atoms. The number of aromatic nitrogens is 3. The molecule has 0 saturated carbocycles. The molecule has 0 aliphatic heterocycles. The van der Waals surface area contributed by atoms with Crippen LogP contribution in [0.3, 0.4) is 0 Å². The lowest BCUT2D eigenvalue weighted by atomic mass is 10.1. The highest BCUT2D eigenvalue weighted by atomic mass is 35.5. The smallest absolute Gasteiger partial charge is 0.274 e. The van der Waals surface area contributed by atoms with Gasteiger partial charge in [-0.1, -0.05) is 41.9 Å². The zero-order chi connectivity index (χ0) is 20.4. The van der Waals surface area contributed by atoms with Gasteiger partial charge in [0.15, 0.2) is 5.65 Å². The average molecular weight is 405 g/mol. The third-order valence-electron chi connectivity index (χ3n) is 4.44.